The second-order valence-electron chi connectivity index (χ2n) is 2.61. The molecule has 3 nitrogen and oxygen atoms in total. The van der Waals surface area contributed by atoms with Gasteiger partial charge in [0.15, 0.2) is 0 Å². The van der Waals surface area contributed by atoms with E-state index >= 15 is 0 Å². The van der Waals surface area contributed by atoms with E-state index in [0.717, 1.165) is 12.8 Å². The molecular formula is C8H17N3. The van der Waals surface area contributed by atoms with Gasteiger partial charge in [0, 0.05) is 17.4 Å². The maximum absolute atomic E-state index is 5.51. The molecule has 0 bridgehead atoms. The first-order chi connectivity index (χ1) is 5.07. The van der Waals surface area contributed by atoms with E-state index in [1.807, 2.05) is 7.05 Å². The Kier molecular flexibility index (Phi) is 4.38. The van der Waals surface area contributed by atoms with Crippen LogP contribution >= 0.6 is 0 Å². The van der Waals surface area contributed by atoms with E-state index in [9.17, 15) is 0 Å². The smallest absolute Gasteiger partial charge is 0.0462 e. The lowest BCUT2D eigenvalue weighted by atomic mass is 10.1. The fourth-order valence-electron chi connectivity index (χ4n) is 0.845. The zero-order chi connectivity index (χ0) is 8.85. The average Bonchev–Trinajstić information content (AvgIpc) is 1.87. The van der Waals surface area contributed by atoms with Crippen molar-refractivity contribution in [3.05, 3.63) is 24.6 Å². The van der Waals surface area contributed by atoms with Crippen molar-refractivity contribution in [2.24, 2.45) is 11.5 Å². The fraction of sp³-hybridized carbons (Fsp3) is 0.500. The Bertz CT molecular complexity index is 151. The Morgan fingerprint density at radius 3 is 2.27 bits per heavy atom. The predicted octanol–water partition coefficient (Wildman–Crippen LogP) is 0.299. The number of nitrogens with one attached hydrogen (secondary N) is 1. The highest BCUT2D eigenvalue weighted by molar-refractivity contribution is 5.01. The van der Waals surface area contributed by atoms with Crippen LogP contribution in [0.4, 0.5) is 0 Å². The molecule has 0 saturated heterocycles. The first-order valence-corrected chi connectivity index (χ1v) is 3.62. The molecule has 11 heavy (non-hydrogen) atoms. The summed E-state index contributed by atoms with van der Waals surface area (Å²) in [5.74, 6) is 0. The number of rotatable bonds is 5. The van der Waals surface area contributed by atoms with Gasteiger partial charge in [0.1, 0.15) is 0 Å². The highest BCUT2D eigenvalue weighted by Gasteiger charge is 2.05. The van der Waals surface area contributed by atoms with E-state index in [0.29, 0.717) is 11.4 Å². The third-order valence-electron chi connectivity index (χ3n) is 1.55. The van der Waals surface area contributed by atoms with Crippen LogP contribution in [0.25, 0.3) is 0 Å². The van der Waals surface area contributed by atoms with E-state index in [2.05, 4.69) is 18.5 Å². The van der Waals surface area contributed by atoms with Crippen LogP contribution in [0.5, 0.6) is 0 Å². The summed E-state index contributed by atoms with van der Waals surface area (Å²) >= 11 is 0. The molecule has 0 radical (unpaired) electrons. The topological polar surface area (TPSA) is 64.1 Å². The molecule has 0 aliphatic rings. The second kappa shape index (κ2) is 4.79. The van der Waals surface area contributed by atoms with Gasteiger partial charge in [0.05, 0.1) is 0 Å². The summed E-state index contributed by atoms with van der Waals surface area (Å²) in [5.41, 5.74) is 12.2. The Morgan fingerprint density at radius 1 is 1.45 bits per heavy atom. The van der Waals surface area contributed by atoms with Crippen molar-refractivity contribution in [2.45, 2.75) is 18.9 Å². The molecular weight excluding hydrogens is 138 g/mol. The van der Waals surface area contributed by atoms with Crippen LogP contribution in [0.1, 0.15) is 12.8 Å². The van der Waals surface area contributed by atoms with Crippen molar-refractivity contribution < 1.29 is 0 Å². The summed E-state index contributed by atoms with van der Waals surface area (Å²) in [6.45, 7) is 7.25. The minimum absolute atomic E-state index is 0.148. The summed E-state index contributed by atoms with van der Waals surface area (Å²) in [6, 6.07) is 0.148. The van der Waals surface area contributed by atoms with Crippen LogP contribution in [0.2, 0.25) is 0 Å². The summed E-state index contributed by atoms with van der Waals surface area (Å²) in [7, 11) is 1.85. The van der Waals surface area contributed by atoms with Gasteiger partial charge in [0.2, 0.25) is 0 Å². The van der Waals surface area contributed by atoms with Gasteiger partial charge < -0.3 is 16.8 Å². The third kappa shape index (κ3) is 4.44. The maximum Gasteiger partial charge on any atom is 0.0462 e. The largest absolute Gasteiger partial charge is 0.403 e. The van der Waals surface area contributed by atoms with Crippen molar-refractivity contribution >= 4 is 0 Å². The number of allylic oxidation sites excluding steroid dienone is 1. The van der Waals surface area contributed by atoms with Gasteiger partial charge in [-0.25, -0.2) is 0 Å². The predicted molar refractivity (Wildman–Crippen MR) is 48.7 cm³/mol. The Labute approximate surface area is 68.1 Å². The summed E-state index contributed by atoms with van der Waals surface area (Å²) in [6.07, 6.45) is 1.64. The van der Waals surface area contributed by atoms with Gasteiger partial charge in [0.25, 0.3) is 0 Å². The molecule has 0 aliphatic carbocycles. The molecule has 0 amide bonds. The number of hydrogen-bond acceptors (Lipinski definition) is 3. The molecule has 0 fully saturated rings. The van der Waals surface area contributed by atoms with Crippen LogP contribution in [-0.4, -0.2) is 13.1 Å². The monoisotopic (exact) mass is 155 g/mol. The normalized spacial score (nSPS) is 12.5. The van der Waals surface area contributed by atoms with E-state index < -0.39 is 0 Å². The van der Waals surface area contributed by atoms with Gasteiger partial charge in [-0.2, -0.15) is 0 Å². The third-order valence-corrected chi connectivity index (χ3v) is 1.55. The zero-order valence-electron chi connectivity index (χ0n) is 7.06. The standard InChI is InChI=1S/C8H17N3/c1-6(9)4-5-8(11-3)7(2)10/h8,11H,1-2,4-5,9-10H2,3H3. The molecule has 5 N–H and O–H groups in total. The molecule has 3 heteroatoms. The van der Waals surface area contributed by atoms with Crippen LogP contribution in [-0.2, 0) is 0 Å². The number of hydrogen-bond donors (Lipinski definition) is 3. The summed E-state index contributed by atoms with van der Waals surface area (Å²) < 4.78 is 0. The molecule has 1 unspecified atom stereocenters. The van der Waals surface area contributed by atoms with Gasteiger partial charge in [-0.1, -0.05) is 13.2 Å². The zero-order valence-corrected chi connectivity index (χ0v) is 7.06. The van der Waals surface area contributed by atoms with E-state index in [4.69, 9.17) is 11.5 Å². The van der Waals surface area contributed by atoms with Crippen molar-refractivity contribution in [3.63, 3.8) is 0 Å². The lowest BCUT2D eigenvalue weighted by molar-refractivity contribution is 0.581. The quantitative estimate of drug-likeness (QED) is 0.535. The Hall–Kier alpha value is -0.960. The Balaban J connectivity index is 3.70. The van der Waals surface area contributed by atoms with Crippen LogP contribution in [0, 0.1) is 0 Å². The second-order valence-corrected chi connectivity index (χ2v) is 2.61. The van der Waals surface area contributed by atoms with Crippen molar-refractivity contribution in [1.82, 2.24) is 5.32 Å². The highest BCUT2D eigenvalue weighted by atomic mass is 14.9. The number of likely N-dealkylation sites (N-methyl/N-ethyl adjacent to an activating group) is 1. The first kappa shape index (κ1) is 10.0. The minimum atomic E-state index is 0.148. The lowest BCUT2D eigenvalue weighted by Gasteiger charge is -2.14. The lowest BCUT2D eigenvalue weighted by Crippen LogP contribution is -2.30. The molecule has 0 rings (SSSR count). The molecule has 0 aromatic rings. The molecule has 0 aromatic heterocycles. The highest BCUT2D eigenvalue weighted by Crippen LogP contribution is 2.04. The van der Waals surface area contributed by atoms with Crippen LogP contribution in [0.15, 0.2) is 24.6 Å². The van der Waals surface area contributed by atoms with E-state index in [-0.39, 0.29) is 6.04 Å². The maximum atomic E-state index is 5.51. The van der Waals surface area contributed by atoms with E-state index in [1.54, 1.807) is 0 Å². The minimum Gasteiger partial charge on any atom is -0.403 e. The molecule has 0 aliphatic heterocycles. The fourth-order valence-corrected chi connectivity index (χ4v) is 0.845. The molecule has 0 heterocycles. The molecule has 0 spiro atoms. The molecule has 64 valence electrons. The van der Waals surface area contributed by atoms with Crippen LogP contribution in [0.3, 0.4) is 0 Å². The van der Waals surface area contributed by atoms with Crippen LogP contribution < -0.4 is 16.8 Å². The van der Waals surface area contributed by atoms with Gasteiger partial charge >= 0.3 is 0 Å². The van der Waals surface area contributed by atoms with E-state index in [1.165, 1.54) is 0 Å². The van der Waals surface area contributed by atoms with Gasteiger partial charge in [-0.15, -0.1) is 0 Å². The Morgan fingerprint density at radius 2 is 2.00 bits per heavy atom. The molecule has 0 aromatic carbocycles. The van der Waals surface area contributed by atoms with Gasteiger partial charge in [-0.3, -0.25) is 0 Å². The SMILES string of the molecule is C=C(N)CCC(NC)C(=C)N. The summed E-state index contributed by atoms with van der Waals surface area (Å²) in [5, 5.41) is 3.04. The first-order valence-electron chi connectivity index (χ1n) is 3.62. The summed E-state index contributed by atoms with van der Waals surface area (Å²) in [4.78, 5) is 0. The number of nitrogens with two attached hydrogens (primary N) is 2. The molecule has 0 saturated carbocycles. The average molecular weight is 155 g/mol. The van der Waals surface area contributed by atoms with Gasteiger partial charge in [-0.05, 0) is 19.9 Å². The van der Waals surface area contributed by atoms with Crippen molar-refractivity contribution in [1.29, 1.82) is 0 Å². The van der Waals surface area contributed by atoms with Crippen molar-refractivity contribution in [2.75, 3.05) is 7.05 Å². The molecule has 1 atom stereocenters. The van der Waals surface area contributed by atoms with Crippen molar-refractivity contribution in [3.8, 4) is 0 Å².